The molecule has 0 heterocycles. The van der Waals surface area contributed by atoms with Gasteiger partial charge >= 0.3 is 0 Å². The van der Waals surface area contributed by atoms with Gasteiger partial charge in [0, 0.05) is 6.54 Å². The maximum absolute atomic E-state index is 9.16. The summed E-state index contributed by atoms with van der Waals surface area (Å²) in [4.78, 5) is 0. The van der Waals surface area contributed by atoms with Gasteiger partial charge in [-0.2, -0.15) is 0 Å². The van der Waals surface area contributed by atoms with E-state index in [9.17, 15) is 0 Å². The molecule has 16 heavy (non-hydrogen) atoms. The fourth-order valence-electron chi connectivity index (χ4n) is 1.54. The summed E-state index contributed by atoms with van der Waals surface area (Å²) in [6, 6.07) is 6.08. The second-order valence-electron chi connectivity index (χ2n) is 4.24. The van der Waals surface area contributed by atoms with Gasteiger partial charge in [-0.3, -0.25) is 5.32 Å². The predicted molar refractivity (Wildman–Crippen MR) is 65.7 cm³/mol. The highest BCUT2D eigenvalue weighted by atomic mass is 16.5. The van der Waals surface area contributed by atoms with E-state index >= 15 is 0 Å². The van der Waals surface area contributed by atoms with Crippen molar-refractivity contribution in [3.05, 3.63) is 29.3 Å². The van der Waals surface area contributed by atoms with Crippen LogP contribution in [0.2, 0.25) is 0 Å². The molecular weight excluding hydrogens is 202 g/mol. The fraction of sp³-hybridized carbons (Fsp3) is 0.538. The highest BCUT2D eigenvalue weighted by molar-refractivity contribution is 5.39. The van der Waals surface area contributed by atoms with Crippen LogP contribution in [0.15, 0.2) is 18.2 Å². The molecule has 1 unspecified atom stereocenters. The standard InChI is InChI=1S/C13H21NO2/c1-9-6-5-7-10(2)13(9)16-12(4)14-8-11(3)15/h5-7,11-12,14-15H,8H2,1-4H3/t11-,12?/m0/s1. The average molecular weight is 223 g/mol. The molecule has 0 aliphatic rings. The second kappa shape index (κ2) is 5.87. The number of hydrogen-bond acceptors (Lipinski definition) is 3. The Balaban J connectivity index is 2.59. The summed E-state index contributed by atoms with van der Waals surface area (Å²) in [7, 11) is 0. The van der Waals surface area contributed by atoms with Gasteiger partial charge < -0.3 is 9.84 Å². The van der Waals surface area contributed by atoms with Gasteiger partial charge in [-0.1, -0.05) is 18.2 Å². The number of benzene rings is 1. The normalized spacial score (nSPS) is 14.6. The quantitative estimate of drug-likeness (QED) is 0.750. The molecule has 0 radical (unpaired) electrons. The van der Waals surface area contributed by atoms with E-state index in [-0.39, 0.29) is 12.3 Å². The van der Waals surface area contributed by atoms with Crippen molar-refractivity contribution in [2.24, 2.45) is 0 Å². The number of hydrogen-bond donors (Lipinski definition) is 2. The zero-order valence-electron chi connectivity index (χ0n) is 10.4. The van der Waals surface area contributed by atoms with Crippen molar-refractivity contribution in [3.63, 3.8) is 0 Å². The SMILES string of the molecule is Cc1cccc(C)c1OC(C)NC[C@H](C)O. The van der Waals surface area contributed by atoms with E-state index in [0.29, 0.717) is 6.54 Å². The molecule has 0 aromatic heterocycles. The van der Waals surface area contributed by atoms with Crippen LogP contribution in [0.25, 0.3) is 0 Å². The third-order valence-corrected chi connectivity index (χ3v) is 2.40. The number of aliphatic hydroxyl groups is 1. The van der Waals surface area contributed by atoms with Gasteiger partial charge in [0.15, 0.2) is 0 Å². The van der Waals surface area contributed by atoms with Gasteiger partial charge in [-0.25, -0.2) is 0 Å². The zero-order chi connectivity index (χ0) is 12.1. The molecule has 1 rings (SSSR count). The maximum Gasteiger partial charge on any atom is 0.147 e. The molecule has 0 saturated carbocycles. The van der Waals surface area contributed by atoms with Crippen LogP contribution in [0.1, 0.15) is 25.0 Å². The molecule has 90 valence electrons. The molecule has 2 atom stereocenters. The van der Waals surface area contributed by atoms with E-state index in [4.69, 9.17) is 9.84 Å². The first-order valence-corrected chi connectivity index (χ1v) is 5.65. The van der Waals surface area contributed by atoms with Crippen molar-refractivity contribution in [1.82, 2.24) is 5.32 Å². The Morgan fingerprint density at radius 1 is 1.25 bits per heavy atom. The van der Waals surface area contributed by atoms with Crippen molar-refractivity contribution >= 4 is 0 Å². The van der Waals surface area contributed by atoms with Gasteiger partial charge in [0.25, 0.3) is 0 Å². The number of nitrogens with one attached hydrogen (secondary N) is 1. The van der Waals surface area contributed by atoms with Crippen LogP contribution in [0, 0.1) is 13.8 Å². The van der Waals surface area contributed by atoms with E-state index in [1.54, 1.807) is 6.92 Å². The maximum atomic E-state index is 9.16. The first-order chi connectivity index (χ1) is 7.50. The molecule has 0 saturated heterocycles. The summed E-state index contributed by atoms with van der Waals surface area (Å²) in [5, 5.41) is 12.3. The summed E-state index contributed by atoms with van der Waals surface area (Å²) < 4.78 is 5.80. The van der Waals surface area contributed by atoms with Crippen molar-refractivity contribution in [3.8, 4) is 5.75 Å². The van der Waals surface area contributed by atoms with E-state index < -0.39 is 0 Å². The number of para-hydroxylation sites is 1. The molecule has 0 aliphatic carbocycles. The minimum absolute atomic E-state index is 0.102. The third-order valence-electron chi connectivity index (χ3n) is 2.40. The lowest BCUT2D eigenvalue weighted by atomic mass is 10.1. The molecule has 3 heteroatoms. The third kappa shape index (κ3) is 3.83. The number of rotatable bonds is 5. The average Bonchev–Trinajstić information content (AvgIpc) is 2.21. The Kier molecular flexibility index (Phi) is 4.77. The Morgan fingerprint density at radius 3 is 2.31 bits per heavy atom. The highest BCUT2D eigenvalue weighted by Crippen LogP contribution is 2.22. The smallest absolute Gasteiger partial charge is 0.147 e. The molecule has 1 aromatic rings. The van der Waals surface area contributed by atoms with Crippen molar-refractivity contribution in [2.45, 2.75) is 40.0 Å². The summed E-state index contributed by atoms with van der Waals surface area (Å²) in [6.07, 6.45) is -0.460. The van der Waals surface area contributed by atoms with Crippen LogP contribution in [-0.2, 0) is 0 Å². The first-order valence-electron chi connectivity index (χ1n) is 5.65. The summed E-state index contributed by atoms with van der Waals surface area (Å²) >= 11 is 0. The molecular formula is C13H21NO2. The summed E-state index contributed by atoms with van der Waals surface area (Å²) in [5.74, 6) is 0.924. The van der Waals surface area contributed by atoms with Crippen LogP contribution < -0.4 is 10.1 Å². The van der Waals surface area contributed by atoms with Crippen molar-refractivity contribution in [2.75, 3.05) is 6.54 Å². The van der Waals surface area contributed by atoms with Gasteiger partial charge in [-0.05, 0) is 38.8 Å². The van der Waals surface area contributed by atoms with Crippen LogP contribution in [0.4, 0.5) is 0 Å². The van der Waals surface area contributed by atoms with Gasteiger partial charge in [0.2, 0.25) is 0 Å². The monoisotopic (exact) mass is 223 g/mol. The first kappa shape index (κ1) is 13.0. The molecule has 1 aromatic carbocycles. The Labute approximate surface area is 97.4 Å². The molecule has 0 aliphatic heterocycles. The predicted octanol–water partition coefficient (Wildman–Crippen LogP) is 2.00. The van der Waals surface area contributed by atoms with Crippen molar-refractivity contribution in [1.29, 1.82) is 0 Å². The number of ether oxygens (including phenoxy) is 1. The largest absolute Gasteiger partial charge is 0.475 e. The van der Waals surface area contributed by atoms with Crippen LogP contribution in [-0.4, -0.2) is 24.0 Å². The lowest BCUT2D eigenvalue weighted by Gasteiger charge is -2.20. The Hall–Kier alpha value is -1.06. The van der Waals surface area contributed by atoms with Gasteiger partial charge in [0.1, 0.15) is 12.0 Å². The van der Waals surface area contributed by atoms with Gasteiger partial charge in [-0.15, -0.1) is 0 Å². The lowest BCUT2D eigenvalue weighted by molar-refractivity contribution is 0.136. The minimum atomic E-state index is -0.357. The van der Waals surface area contributed by atoms with Crippen molar-refractivity contribution < 1.29 is 9.84 Å². The minimum Gasteiger partial charge on any atom is -0.475 e. The van der Waals surface area contributed by atoms with E-state index in [2.05, 4.69) is 5.32 Å². The number of aryl methyl sites for hydroxylation is 2. The molecule has 0 bridgehead atoms. The summed E-state index contributed by atoms with van der Waals surface area (Å²) in [5.41, 5.74) is 2.26. The van der Waals surface area contributed by atoms with Crippen LogP contribution in [0.3, 0.4) is 0 Å². The Morgan fingerprint density at radius 2 is 1.81 bits per heavy atom. The second-order valence-corrected chi connectivity index (χ2v) is 4.24. The van der Waals surface area contributed by atoms with E-state index in [1.807, 2.05) is 39.0 Å². The fourth-order valence-corrected chi connectivity index (χ4v) is 1.54. The van der Waals surface area contributed by atoms with Crippen LogP contribution >= 0.6 is 0 Å². The van der Waals surface area contributed by atoms with Gasteiger partial charge in [0.05, 0.1) is 6.10 Å². The highest BCUT2D eigenvalue weighted by Gasteiger charge is 2.08. The molecule has 0 amide bonds. The number of aliphatic hydroxyl groups excluding tert-OH is 1. The molecule has 3 nitrogen and oxygen atoms in total. The van der Waals surface area contributed by atoms with Crippen LogP contribution in [0.5, 0.6) is 5.75 Å². The topological polar surface area (TPSA) is 41.5 Å². The molecule has 0 spiro atoms. The molecule has 0 fully saturated rings. The van der Waals surface area contributed by atoms with E-state index in [0.717, 1.165) is 16.9 Å². The lowest BCUT2D eigenvalue weighted by Crippen LogP contribution is -2.36. The van der Waals surface area contributed by atoms with E-state index in [1.165, 1.54) is 0 Å². The molecule has 2 N–H and O–H groups in total. The Bertz CT molecular complexity index is 316. The summed E-state index contributed by atoms with van der Waals surface area (Å²) in [6.45, 7) is 8.28. The zero-order valence-corrected chi connectivity index (χ0v) is 10.4.